The van der Waals surface area contributed by atoms with Gasteiger partial charge in [0.25, 0.3) is 0 Å². The predicted octanol–water partition coefficient (Wildman–Crippen LogP) is 5.58. The van der Waals surface area contributed by atoms with Crippen LogP contribution in [0.1, 0.15) is 41.6 Å². The lowest BCUT2D eigenvalue weighted by atomic mass is 9.79. The van der Waals surface area contributed by atoms with E-state index in [0.717, 1.165) is 76.8 Å². The van der Waals surface area contributed by atoms with Gasteiger partial charge in [-0.05, 0) is 67.8 Å². The zero-order valence-electron chi connectivity index (χ0n) is 22.6. The molecule has 210 valence electrons. The van der Waals surface area contributed by atoms with Crippen LogP contribution in [-0.4, -0.2) is 50.5 Å². The van der Waals surface area contributed by atoms with Crippen LogP contribution in [0.4, 0.5) is 14.6 Å². The number of nitrogens with two attached hydrogens (primary N) is 1. The summed E-state index contributed by atoms with van der Waals surface area (Å²) in [7, 11) is 0. The van der Waals surface area contributed by atoms with Gasteiger partial charge >= 0.3 is 6.61 Å². The summed E-state index contributed by atoms with van der Waals surface area (Å²) in [6.45, 7) is 2.87. The Labute approximate surface area is 234 Å². The van der Waals surface area contributed by atoms with Crippen molar-refractivity contribution in [1.29, 1.82) is 0 Å². The Morgan fingerprint density at radius 3 is 2.37 bits per heavy atom. The zero-order valence-corrected chi connectivity index (χ0v) is 22.6. The topological polar surface area (TPSA) is 126 Å². The summed E-state index contributed by atoms with van der Waals surface area (Å²) in [5.74, 6) is 1.44. The third-order valence-corrected chi connectivity index (χ3v) is 7.88. The Bertz CT molecular complexity index is 1700. The van der Waals surface area contributed by atoms with Crippen LogP contribution in [0.25, 0.3) is 33.5 Å². The van der Waals surface area contributed by atoms with Crippen molar-refractivity contribution in [2.24, 2.45) is 5.73 Å². The quantitative estimate of drug-likeness (QED) is 0.240. The first-order valence-electron chi connectivity index (χ1n) is 13.3. The van der Waals surface area contributed by atoms with Gasteiger partial charge in [-0.15, -0.1) is 0 Å². The maximum atomic E-state index is 12.5. The third-order valence-electron chi connectivity index (χ3n) is 7.88. The van der Waals surface area contributed by atoms with Gasteiger partial charge in [-0.25, -0.2) is 15.0 Å². The van der Waals surface area contributed by atoms with E-state index < -0.39 is 12.5 Å². The minimum Gasteiger partial charge on any atom is -0.435 e. The molecule has 0 bridgehead atoms. The SMILES string of the molecule is Cc1nc(C2(C)CCN(c3ncnc4[nH]c(-c5ccc(C(N)=O)cc5)cc34)CC2)[nH]c1-c1ccc(OC(F)F)cc1. The minimum absolute atomic E-state index is 0.120. The van der Waals surface area contributed by atoms with Crippen LogP contribution in [0.5, 0.6) is 5.75 Å². The number of carbonyl (C=O) groups is 1. The van der Waals surface area contributed by atoms with Crippen molar-refractivity contribution < 1.29 is 18.3 Å². The number of hydrogen-bond acceptors (Lipinski definition) is 6. The molecule has 6 rings (SSSR count). The molecule has 1 amide bonds. The number of nitrogens with zero attached hydrogens (tertiary/aromatic N) is 4. The third kappa shape index (κ3) is 5.10. The molecule has 2 aromatic carbocycles. The average Bonchev–Trinajstić information content (AvgIpc) is 3.58. The molecule has 11 heteroatoms. The number of imidazole rings is 1. The van der Waals surface area contributed by atoms with Crippen LogP contribution in [0.2, 0.25) is 0 Å². The van der Waals surface area contributed by atoms with E-state index in [2.05, 4.69) is 36.5 Å². The number of aromatic nitrogens is 5. The van der Waals surface area contributed by atoms with Crippen LogP contribution in [0.15, 0.2) is 60.9 Å². The Morgan fingerprint density at radius 1 is 1.02 bits per heavy atom. The van der Waals surface area contributed by atoms with Crippen LogP contribution in [0, 0.1) is 6.92 Å². The van der Waals surface area contributed by atoms with E-state index in [1.54, 1.807) is 30.6 Å². The molecule has 9 nitrogen and oxygen atoms in total. The highest BCUT2D eigenvalue weighted by Crippen LogP contribution is 2.38. The van der Waals surface area contributed by atoms with Crippen molar-refractivity contribution in [1.82, 2.24) is 24.9 Å². The number of fused-ring (bicyclic) bond motifs is 1. The lowest BCUT2D eigenvalue weighted by Gasteiger charge is -2.38. The van der Waals surface area contributed by atoms with Crippen molar-refractivity contribution in [2.75, 3.05) is 18.0 Å². The van der Waals surface area contributed by atoms with Gasteiger partial charge in [0.15, 0.2) is 0 Å². The van der Waals surface area contributed by atoms with Crippen molar-refractivity contribution in [2.45, 2.75) is 38.7 Å². The van der Waals surface area contributed by atoms with Gasteiger partial charge in [0.2, 0.25) is 5.91 Å². The van der Waals surface area contributed by atoms with Crippen molar-refractivity contribution in [3.63, 3.8) is 0 Å². The van der Waals surface area contributed by atoms with Gasteiger partial charge in [0.1, 0.15) is 29.4 Å². The van der Waals surface area contributed by atoms with E-state index in [0.29, 0.717) is 5.56 Å². The summed E-state index contributed by atoms with van der Waals surface area (Å²) in [4.78, 5) is 34.5. The molecule has 1 aliphatic rings. The monoisotopic (exact) mass is 557 g/mol. The van der Waals surface area contributed by atoms with E-state index in [9.17, 15) is 13.6 Å². The fraction of sp³-hybridized carbons (Fsp3) is 0.267. The molecule has 5 aromatic rings. The van der Waals surface area contributed by atoms with Crippen LogP contribution in [-0.2, 0) is 5.41 Å². The molecule has 0 radical (unpaired) electrons. The van der Waals surface area contributed by atoms with Gasteiger partial charge in [0, 0.05) is 35.3 Å². The van der Waals surface area contributed by atoms with Crippen molar-refractivity contribution in [3.05, 3.63) is 78.0 Å². The number of piperidine rings is 1. The minimum atomic E-state index is -2.85. The maximum Gasteiger partial charge on any atom is 0.387 e. The average molecular weight is 558 g/mol. The first-order chi connectivity index (χ1) is 19.7. The van der Waals surface area contributed by atoms with Gasteiger partial charge in [-0.2, -0.15) is 8.78 Å². The number of ether oxygens (including phenoxy) is 1. The smallest absolute Gasteiger partial charge is 0.387 e. The second-order valence-electron chi connectivity index (χ2n) is 10.6. The van der Waals surface area contributed by atoms with E-state index in [-0.39, 0.29) is 11.2 Å². The second-order valence-corrected chi connectivity index (χ2v) is 10.6. The molecule has 1 saturated heterocycles. The molecule has 1 aliphatic heterocycles. The number of carbonyl (C=O) groups excluding carboxylic acids is 1. The normalized spacial score (nSPS) is 15.0. The van der Waals surface area contributed by atoms with Crippen molar-refractivity contribution >= 4 is 22.8 Å². The number of hydrogen-bond donors (Lipinski definition) is 3. The van der Waals surface area contributed by atoms with Gasteiger partial charge in [0.05, 0.1) is 16.8 Å². The molecular formula is C30H29F2N7O2. The van der Waals surface area contributed by atoms with Crippen LogP contribution >= 0.6 is 0 Å². The summed E-state index contributed by atoms with van der Waals surface area (Å²) in [6, 6.07) is 15.7. The lowest BCUT2D eigenvalue weighted by molar-refractivity contribution is -0.0498. The Hall–Kier alpha value is -4.80. The predicted molar refractivity (Wildman–Crippen MR) is 152 cm³/mol. The summed E-state index contributed by atoms with van der Waals surface area (Å²) in [5.41, 5.74) is 10.8. The van der Waals surface area contributed by atoms with Gasteiger partial charge < -0.3 is 25.3 Å². The highest BCUT2D eigenvalue weighted by atomic mass is 19.3. The van der Waals surface area contributed by atoms with E-state index in [1.807, 2.05) is 25.1 Å². The molecule has 0 unspecified atom stereocenters. The fourth-order valence-corrected chi connectivity index (χ4v) is 5.43. The van der Waals surface area contributed by atoms with Crippen LogP contribution < -0.4 is 15.4 Å². The molecule has 3 aromatic heterocycles. The molecule has 4 N–H and O–H groups in total. The second kappa shape index (κ2) is 10.3. The molecule has 41 heavy (non-hydrogen) atoms. The molecular weight excluding hydrogens is 528 g/mol. The maximum absolute atomic E-state index is 12.5. The molecule has 4 heterocycles. The molecule has 0 aliphatic carbocycles. The number of benzene rings is 2. The number of H-pyrrole nitrogens is 2. The summed E-state index contributed by atoms with van der Waals surface area (Å²) in [6.07, 6.45) is 3.29. The van der Waals surface area contributed by atoms with Gasteiger partial charge in [-0.1, -0.05) is 19.1 Å². The molecule has 0 saturated carbocycles. The van der Waals surface area contributed by atoms with E-state index >= 15 is 0 Å². The van der Waals surface area contributed by atoms with Crippen LogP contribution in [0.3, 0.4) is 0 Å². The van der Waals surface area contributed by atoms with Gasteiger partial charge in [-0.3, -0.25) is 4.79 Å². The number of primary amides is 1. The Morgan fingerprint density at radius 2 is 1.71 bits per heavy atom. The first-order valence-corrected chi connectivity index (χ1v) is 13.3. The Kier molecular flexibility index (Phi) is 6.64. The largest absolute Gasteiger partial charge is 0.435 e. The highest BCUT2D eigenvalue weighted by Gasteiger charge is 2.36. The lowest BCUT2D eigenvalue weighted by Crippen LogP contribution is -2.42. The number of halogens is 2. The summed E-state index contributed by atoms with van der Waals surface area (Å²) < 4.78 is 29.5. The standard InChI is InChI=1S/C30H29F2N7O2/c1-17-24(19-7-9-21(10-8-19)41-29(31)32)38-28(36-17)30(2)11-13-39(14-12-30)27-22-15-23(37-26(22)34-16-35-27)18-3-5-20(6-4-18)25(33)40/h3-10,15-16,29H,11-14H2,1-2H3,(H2,33,40)(H,36,38)(H,34,35,37). The number of aryl methyl sites for hydroxylation is 1. The van der Waals surface area contributed by atoms with E-state index in [4.69, 9.17) is 10.7 Å². The number of amides is 1. The fourth-order valence-electron chi connectivity index (χ4n) is 5.43. The zero-order chi connectivity index (χ0) is 28.7. The molecule has 0 atom stereocenters. The number of alkyl halides is 2. The first kappa shape index (κ1) is 26.4. The Balaban J connectivity index is 1.20. The number of anilines is 1. The summed E-state index contributed by atoms with van der Waals surface area (Å²) in [5, 5.41) is 0.931. The van der Waals surface area contributed by atoms with Crippen molar-refractivity contribution in [3.8, 4) is 28.3 Å². The highest BCUT2D eigenvalue weighted by molar-refractivity contribution is 5.94. The molecule has 1 fully saturated rings. The summed E-state index contributed by atoms with van der Waals surface area (Å²) >= 11 is 0. The number of rotatable bonds is 7. The molecule has 0 spiro atoms. The number of aromatic amines is 2. The number of nitrogens with one attached hydrogen (secondary N) is 2. The van der Waals surface area contributed by atoms with E-state index in [1.165, 1.54) is 12.1 Å².